The number of aromatic nitrogens is 1. The largest absolute Gasteiger partial charge is 0.364 e. The van der Waals surface area contributed by atoms with Gasteiger partial charge >= 0.3 is 0 Å². The van der Waals surface area contributed by atoms with Crippen LogP contribution < -0.4 is 5.32 Å². The van der Waals surface area contributed by atoms with Crippen LogP contribution in [0.3, 0.4) is 0 Å². The Morgan fingerprint density at radius 1 is 1.31 bits per heavy atom. The highest BCUT2D eigenvalue weighted by Crippen LogP contribution is 2.17. The summed E-state index contributed by atoms with van der Waals surface area (Å²) in [7, 11) is 1.80. The minimum atomic E-state index is -0.235. The standard InChI is InChI=1S/C18H23BrFN5O/c1-21-18(22-6-4-14-2-3-17(20)16(19)12-14)25-9-7-24(8-10-25)13-15-5-11-26-23-15/h2-3,5,11-12H,4,6-10,13H2,1H3,(H,21,22). The topological polar surface area (TPSA) is 56.9 Å². The molecule has 2 heterocycles. The molecule has 1 aromatic heterocycles. The maximum absolute atomic E-state index is 13.3. The second-order valence-electron chi connectivity index (χ2n) is 6.23. The third kappa shape index (κ3) is 5.04. The molecule has 140 valence electrons. The fraction of sp³-hybridized carbons (Fsp3) is 0.444. The Labute approximate surface area is 161 Å². The SMILES string of the molecule is CN=C(NCCc1ccc(F)c(Br)c1)N1CCN(Cc2ccon2)CC1. The number of aliphatic imine (C=N–C) groups is 1. The summed E-state index contributed by atoms with van der Waals surface area (Å²) in [6, 6.07) is 7.03. The van der Waals surface area contributed by atoms with Crippen molar-refractivity contribution < 1.29 is 8.91 Å². The lowest BCUT2D eigenvalue weighted by Crippen LogP contribution is -2.52. The van der Waals surface area contributed by atoms with Crippen LogP contribution in [-0.4, -0.2) is 60.7 Å². The van der Waals surface area contributed by atoms with Crippen molar-refractivity contribution in [1.29, 1.82) is 0 Å². The van der Waals surface area contributed by atoms with Gasteiger partial charge in [-0.2, -0.15) is 0 Å². The molecule has 1 saturated heterocycles. The van der Waals surface area contributed by atoms with E-state index in [1.54, 1.807) is 13.3 Å². The number of halogens is 2. The number of guanidine groups is 1. The summed E-state index contributed by atoms with van der Waals surface area (Å²) < 4.78 is 18.7. The van der Waals surface area contributed by atoms with E-state index >= 15 is 0 Å². The van der Waals surface area contributed by atoms with Gasteiger partial charge in [-0.1, -0.05) is 11.2 Å². The molecule has 0 amide bonds. The maximum Gasteiger partial charge on any atom is 0.193 e. The molecule has 26 heavy (non-hydrogen) atoms. The number of nitrogens with zero attached hydrogens (tertiary/aromatic N) is 4. The van der Waals surface area contributed by atoms with Crippen LogP contribution in [0.5, 0.6) is 0 Å². The van der Waals surface area contributed by atoms with Gasteiger partial charge in [0.2, 0.25) is 0 Å². The molecule has 1 fully saturated rings. The average molecular weight is 424 g/mol. The Bertz CT molecular complexity index is 729. The first-order valence-corrected chi connectivity index (χ1v) is 9.46. The van der Waals surface area contributed by atoms with Crippen LogP contribution in [0.1, 0.15) is 11.3 Å². The van der Waals surface area contributed by atoms with E-state index in [1.807, 2.05) is 18.2 Å². The van der Waals surface area contributed by atoms with Crippen LogP contribution in [0.4, 0.5) is 4.39 Å². The molecule has 6 nitrogen and oxygen atoms in total. The van der Waals surface area contributed by atoms with Gasteiger partial charge in [0.05, 0.1) is 10.2 Å². The first-order chi connectivity index (χ1) is 12.7. The van der Waals surface area contributed by atoms with E-state index in [0.717, 1.165) is 62.9 Å². The number of nitrogens with one attached hydrogen (secondary N) is 1. The molecule has 1 N–H and O–H groups in total. The van der Waals surface area contributed by atoms with Crippen molar-refractivity contribution in [2.24, 2.45) is 4.99 Å². The lowest BCUT2D eigenvalue weighted by atomic mass is 10.1. The van der Waals surface area contributed by atoms with Crippen molar-refractivity contribution in [3.05, 3.63) is 52.1 Å². The quantitative estimate of drug-likeness (QED) is 0.591. The minimum Gasteiger partial charge on any atom is -0.364 e. The number of hydrogen-bond acceptors (Lipinski definition) is 4. The van der Waals surface area contributed by atoms with Crippen LogP contribution in [0, 0.1) is 5.82 Å². The fourth-order valence-electron chi connectivity index (χ4n) is 3.01. The van der Waals surface area contributed by atoms with Crippen molar-refractivity contribution in [2.75, 3.05) is 39.8 Å². The molecule has 0 spiro atoms. The van der Waals surface area contributed by atoms with Crippen LogP contribution in [0.25, 0.3) is 0 Å². The van der Waals surface area contributed by atoms with Gasteiger partial charge in [0.25, 0.3) is 0 Å². The first-order valence-electron chi connectivity index (χ1n) is 8.67. The van der Waals surface area contributed by atoms with E-state index in [0.29, 0.717) is 4.47 Å². The molecule has 0 atom stereocenters. The lowest BCUT2D eigenvalue weighted by molar-refractivity contribution is 0.169. The molecule has 0 saturated carbocycles. The summed E-state index contributed by atoms with van der Waals surface area (Å²) in [6.07, 6.45) is 2.42. The van der Waals surface area contributed by atoms with Gasteiger partial charge in [-0.05, 0) is 40.0 Å². The Kier molecular flexibility index (Phi) is 6.62. The van der Waals surface area contributed by atoms with Gasteiger partial charge in [-0.25, -0.2) is 4.39 Å². The van der Waals surface area contributed by atoms with Gasteiger partial charge in [-0.3, -0.25) is 9.89 Å². The molecule has 0 aliphatic carbocycles. The molecular formula is C18H23BrFN5O. The smallest absolute Gasteiger partial charge is 0.193 e. The van der Waals surface area contributed by atoms with E-state index in [1.165, 1.54) is 6.07 Å². The summed E-state index contributed by atoms with van der Waals surface area (Å²) in [4.78, 5) is 9.01. The Hall–Kier alpha value is -1.93. The van der Waals surface area contributed by atoms with Gasteiger partial charge in [-0.15, -0.1) is 0 Å². The normalized spacial score (nSPS) is 16.1. The van der Waals surface area contributed by atoms with Crippen LogP contribution in [0.15, 0.2) is 44.5 Å². The predicted octanol–water partition coefficient (Wildman–Crippen LogP) is 2.51. The minimum absolute atomic E-state index is 0.235. The highest BCUT2D eigenvalue weighted by atomic mass is 79.9. The van der Waals surface area contributed by atoms with Crippen molar-refractivity contribution >= 4 is 21.9 Å². The second kappa shape index (κ2) is 9.14. The molecule has 0 radical (unpaired) electrons. The lowest BCUT2D eigenvalue weighted by Gasteiger charge is -2.36. The van der Waals surface area contributed by atoms with E-state index in [9.17, 15) is 4.39 Å². The highest BCUT2D eigenvalue weighted by molar-refractivity contribution is 9.10. The summed E-state index contributed by atoms with van der Waals surface area (Å²) in [6.45, 7) is 5.32. The molecule has 1 aliphatic heterocycles. The zero-order valence-corrected chi connectivity index (χ0v) is 16.4. The van der Waals surface area contributed by atoms with E-state index < -0.39 is 0 Å². The third-order valence-corrected chi connectivity index (χ3v) is 5.05. The van der Waals surface area contributed by atoms with Crippen LogP contribution in [-0.2, 0) is 13.0 Å². The average Bonchev–Trinajstić information content (AvgIpc) is 3.16. The summed E-state index contributed by atoms with van der Waals surface area (Å²) in [5.41, 5.74) is 2.05. The van der Waals surface area contributed by atoms with Gasteiger partial charge in [0.1, 0.15) is 12.1 Å². The molecular weight excluding hydrogens is 401 g/mol. The Balaban J connectivity index is 1.43. The van der Waals surface area contributed by atoms with Crippen molar-refractivity contribution in [3.63, 3.8) is 0 Å². The van der Waals surface area contributed by atoms with Gasteiger partial charge in [0.15, 0.2) is 5.96 Å². The molecule has 0 bridgehead atoms. The highest BCUT2D eigenvalue weighted by Gasteiger charge is 2.20. The second-order valence-corrected chi connectivity index (χ2v) is 7.08. The van der Waals surface area contributed by atoms with Crippen LogP contribution in [0.2, 0.25) is 0 Å². The van der Waals surface area contributed by atoms with Gasteiger partial charge in [0, 0.05) is 52.4 Å². The summed E-state index contributed by atoms with van der Waals surface area (Å²) in [5, 5.41) is 7.37. The predicted molar refractivity (Wildman–Crippen MR) is 103 cm³/mol. The van der Waals surface area contributed by atoms with Crippen molar-refractivity contribution in [1.82, 2.24) is 20.3 Å². The molecule has 0 unspecified atom stereocenters. The zero-order chi connectivity index (χ0) is 18.4. The number of hydrogen-bond donors (Lipinski definition) is 1. The van der Waals surface area contributed by atoms with Crippen LogP contribution >= 0.6 is 15.9 Å². The number of piperazine rings is 1. The van der Waals surface area contributed by atoms with Crippen molar-refractivity contribution in [2.45, 2.75) is 13.0 Å². The Morgan fingerprint density at radius 3 is 2.77 bits per heavy atom. The zero-order valence-electron chi connectivity index (χ0n) is 14.8. The Morgan fingerprint density at radius 2 is 2.12 bits per heavy atom. The molecule has 3 rings (SSSR count). The van der Waals surface area contributed by atoms with Crippen molar-refractivity contribution in [3.8, 4) is 0 Å². The fourth-order valence-corrected chi connectivity index (χ4v) is 3.44. The molecule has 1 aliphatic rings. The maximum atomic E-state index is 13.3. The summed E-state index contributed by atoms with van der Waals surface area (Å²) in [5.74, 6) is 0.674. The first kappa shape index (κ1) is 18.8. The monoisotopic (exact) mass is 423 g/mol. The van der Waals surface area contributed by atoms with E-state index in [-0.39, 0.29) is 5.82 Å². The number of rotatable bonds is 5. The van der Waals surface area contributed by atoms with E-state index in [2.05, 4.69) is 41.2 Å². The third-order valence-electron chi connectivity index (χ3n) is 4.44. The molecule has 1 aromatic carbocycles. The molecule has 8 heteroatoms. The molecule has 2 aromatic rings. The van der Waals surface area contributed by atoms with E-state index in [4.69, 9.17) is 4.52 Å². The van der Waals surface area contributed by atoms with Gasteiger partial charge < -0.3 is 14.7 Å². The summed E-state index contributed by atoms with van der Waals surface area (Å²) >= 11 is 3.23. The number of benzene rings is 1.